The molecule has 0 spiro atoms. The van der Waals surface area contributed by atoms with E-state index in [2.05, 4.69) is 15.9 Å². The van der Waals surface area contributed by atoms with Crippen LogP contribution >= 0.6 is 15.9 Å². The first kappa shape index (κ1) is 9.26. The van der Waals surface area contributed by atoms with Crippen LogP contribution in [0.4, 0.5) is 0 Å². The summed E-state index contributed by atoms with van der Waals surface area (Å²) >= 11 is 3.22. The number of aromatic carboxylic acids is 1. The van der Waals surface area contributed by atoms with Gasteiger partial charge in [0.1, 0.15) is 0 Å². The van der Waals surface area contributed by atoms with Gasteiger partial charge in [-0.05, 0) is 47.0 Å². The summed E-state index contributed by atoms with van der Waals surface area (Å²) in [6.45, 7) is 3.73. The quantitative estimate of drug-likeness (QED) is 0.803. The molecule has 0 aliphatic heterocycles. The van der Waals surface area contributed by atoms with Gasteiger partial charge in [-0.25, -0.2) is 4.79 Å². The van der Waals surface area contributed by atoms with E-state index >= 15 is 0 Å². The largest absolute Gasteiger partial charge is 0.478 e. The maximum atomic E-state index is 10.7. The lowest BCUT2D eigenvalue weighted by Crippen LogP contribution is -2.01. The van der Waals surface area contributed by atoms with E-state index in [1.807, 2.05) is 13.0 Å². The molecular weight excluding hydrogens is 220 g/mol. The molecule has 0 radical (unpaired) electrons. The Balaban J connectivity index is 3.38. The van der Waals surface area contributed by atoms with Crippen LogP contribution in [0.5, 0.6) is 0 Å². The minimum atomic E-state index is -0.889. The third-order valence-electron chi connectivity index (χ3n) is 1.65. The number of halogens is 1. The van der Waals surface area contributed by atoms with Crippen molar-refractivity contribution in [1.29, 1.82) is 0 Å². The second-order valence-electron chi connectivity index (χ2n) is 2.74. The van der Waals surface area contributed by atoms with Crippen molar-refractivity contribution >= 4 is 21.9 Å². The van der Waals surface area contributed by atoms with Gasteiger partial charge in [-0.2, -0.15) is 0 Å². The summed E-state index contributed by atoms with van der Waals surface area (Å²) in [4.78, 5) is 10.7. The van der Waals surface area contributed by atoms with Gasteiger partial charge in [0.25, 0.3) is 0 Å². The van der Waals surface area contributed by atoms with E-state index in [-0.39, 0.29) is 0 Å². The molecule has 0 atom stereocenters. The van der Waals surface area contributed by atoms with Gasteiger partial charge < -0.3 is 5.11 Å². The van der Waals surface area contributed by atoms with Crippen LogP contribution in [0, 0.1) is 13.8 Å². The molecular formula is C9H9BrO2. The van der Waals surface area contributed by atoms with E-state index in [0.717, 1.165) is 11.1 Å². The van der Waals surface area contributed by atoms with Crippen LogP contribution in [0.15, 0.2) is 16.6 Å². The fraction of sp³-hybridized carbons (Fsp3) is 0.222. The molecule has 0 amide bonds. The molecule has 12 heavy (non-hydrogen) atoms. The maximum absolute atomic E-state index is 10.7. The summed E-state index contributed by atoms with van der Waals surface area (Å²) in [6.07, 6.45) is 0. The van der Waals surface area contributed by atoms with Gasteiger partial charge in [-0.1, -0.05) is 6.07 Å². The lowest BCUT2D eigenvalue weighted by atomic mass is 10.1. The minimum absolute atomic E-state index is 0.348. The van der Waals surface area contributed by atoms with Gasteiger partial charge in [-0.15, -0.1) is 0 Å². The zero-order valence-electron chi connectivity index (χ0n) is 6.89. The number of aryl methyl sites for hydroxylation is 2. The Morgan fingerprint density at radius 2 is 2.00 bits per heavy atom. The van der Waals surface area contributed by atoms with Crippen molar-refractivity contribution in [1.82, 2.24) is 0 Å². The molecule has 0 saturated heterocycles. The maximum Gasteiger partial charge on any atom is 0.337 e. The van der Waals surface area contributed by atoms with Crippen LogP contribution in [0.3, 0.4) is 0 Å². The first-order chi connectivity index (χ1) is 5.52. The summed E-state index contributed by atoms with van der Waals surface area (Å²) in [5.74, 6) is -0.889. The molecule has 0 bridgehead atoms. The van der Waals surface area contributed by atoms with Gasteiger partial charge in [0, 0.05) is 4.47 Å². The van der Waals surface area contributed by atoms with Crippen molar-refractivity contribution in [3.63, 3.8) is 0 Å². The molecule has 0 saturated carbocycles. The predicted molar refractivity (Wildman–Crippen MR) is 50.6 cm³/mol. The molecule has 3 heteroatoms. The van der Waals surface area contributed by atoms with Gasteiger partial charge in [0.2, 0.25) is 0 Å². The summed E-state index contributed by atoms with van der Waals surface area (Å²) in [5, 5.41) is 8.81. The van der Waals surface area contributed by atoms with Crippen molar-refractivity contribution in [3.8, 4) is 0 Å². The Morgan fingerprint density at radius 3 is 2.42 bits per heavy atom. The van der Waals surface area contributed by atoms with Gasteiger partial charge in [0.15, 0.2) is 0 Å². The molecule has 1 aromatic carbocycles. The monoisotopic (exact) mass is 228 g/mol. The van der Waals surface area contributed by atoms with E-state index in [9.17, 15) is 4.79 Å². The highest BCUT2D eigenvalue weighted by Crippen LogP contribution is 2.22. The van der Waals surface area contributed by atoms with E-state index < -0.39 is 5.97 Å². The van der Waals surface area contributed by atoms with Crippen molar-refractivity contribution in [3.05, 3.63) is 33.3 Å². The molecule has 0 aliphatic carbocycles. The Morgan fingerprint density at radius 1 is 1.42 bits per heavy atom. The lowest BCUT2D eigenvalue weighted by Gasteiger charge is -2.04. The van der Waals surface area contributed by atoms with Crippen molar-refractivity contribution in [2.45, 2.75) is 13.8 Å². The van der Waals surface area contributed by atoms with E-state index in [0.29, 0.717) is 10.0 Å². The van der Waals surface area contributed by atoms with Crippen molar-refractivity contribution in [2.24, 2.45) is 0 Å². The highest BCUT2D eigenvalue weighted by Gasteiger charge is 2.11. The average Bonchev–Trinajstić information content (AvgIpc) is 1.82. The molecule has 0 heterocycles. The summed E-state index contributed by atoms with van der Waals surface area (Å²) in [7, 11) is 0. The first-order valence-electron chi connectivity index (χ1n) is 3.52. The van der Waals surface area contributed by atoms with E-state index in [1.54, 1.807) is 13.0 Å². The second kappa shape index (κ2) is 3.27. The van der Waals surface area contributed by atoms with Crippen LogP contribution in [0.2, 0.25) is 0 Å². The predicted octanol–water partition coefficient (Wildman–Crippen LogP) is 2.76. The minimum Gasteiger partial charge on any atom is -0.478 e. The zero-order valence-corrected chi connectivity index (χ0v) is 8.47. The van der Waals surface area contributed by atoms with Crippen molar-refractivity contribution in [2.75, 3.05) is 0 Å². The van der Waals surface area contributed by atoms with E-state index in [1.165, 1.54) is 0 Å². The molecule has 0 aliphatic rings. The van der Waals surface area contributed by atoms with Gasteiger partial charge in [-0.3, -0.25) is 0 Å². The molecule has 64 valence electrons. The number of hydrogen-bond acceptors (Lipinski definition) is 1. The number of benzene rings is 1. The van der Waals surface area contributed by atoms with Gasteiger partial charge >= 0.3 is 5.97 Å². The summed E-state index contributed by atoms with van der Waals surface area (Å²) in [6, 6.07) is 3.66. The number of rotatable bonds is 1. The Kier molecular flexibility index (Phi) is 2.52. The average molecular weight is 229 g/mol. The topological polar surface area (TPSA) is 37.3 Å². The molecule has 1 N–H and O–H groups in total. The molecule has 0 unspecified atom stereocenters. The molecule has 2 nitrogen and oxygen atoms in total. The normalized spacial score (nSPS) is 9.92. The Bertz CT molecular complexity index is 308. The lowest BCUT2D eigenvalue weighted by molar-refractivity contribution is 0.0695. The molecule has 0 fully saturated rings. The van der Waals surface area contributed by atoms with Crippen LogP contribution in [-0.4, -0.2) is 11.1 Å². The summed E-state index contributed by atoms with van der Waals surface area (Å²) in [5.41, 5.74) is 2.19. The molecule has 0 aromatic heterocycles. The first-order valence-corrected chi connectivity index (χ1v) is 4.31. The standard InChI is InChI=1S/C9H9BrO2/c1-5-3-6(2)8(9(11)12)7(10)4-5/h3-4H,1-2H3,(H,11,12). The highest BCUT2D eigenvalue weighted by molar-refractivity contribution is 9.10. The van der Waals surface area contributed by atoms with Gasteiger partial charge in [0.05, 0.1) is 5.56 Å². The Hall–Kier alpha value is -0.830. The highest BCUT2D eigenvalue weighted by atomic mass is 79.9. The Labute approximate surface area is 79.3 Å². The van der Waals surface area contributed by atoms with Crippen LogP contribution in [0.25, 0.3) is 0 Å². The fourth-order valence-electron chi connectivity index (χ4n) is 1.19. The van der Waals surface area contributed by atoms with Crippen LogP contribution < -0.4 is 0 Å². The number of carbonyl (C=O) groups is 1. The summed E-state index contributed by atoms with van der Waals surface area (Å²) < 4.78 is 0.646. The number of carboxylic acid groups (broad SMARTS) is 1. The fourth-order valence-corrected chi connectivity index (χ4v) is 2.03. The number of hydrogen-bond donors (Lipinski definition) is 1. The van der Waals surface area contributed by atoms with Crippen molar-refractivity contribution < 1.29 is 9.90 Å². The molecule has 1 rings (SSSR count). The smallest absolute Gasteiger partial charge is 0.337 e. The van der Waals surface area contributed by atoms with Crippen LogP contribution in [0.1, 0.15) is 21.5 Å². The molecule has 1 aromatic rings. The number of carboxylic acids is 1. The second-order valence-corrected chi connectivity index (χ2v) is 3.60. The third kappa shape index (κ3) is 1.67. The van der Waals surface area contributed by atoms with E-state index in [4.69, 9.17) is 5.11 Å². The zero-order chi connectivity index (χ0) is 9.30. The SMILES string of the molecule is Cc1cc(C)c(C(=O)O)c(Br)c1. The van der Waals surface area contributed by atoms with Crippen LogP contribution in [-0.2, 0) is 0 Å². The third-order valence-corrected chi connectivity index (χ3v) is 2.27.